The molecule has 2 rings (SSSR count). The van der Waals surface area contributed by atoms with Crippen LogP contribution in [0.15, 0.2) is 22.7 Å². The van der Waals surface area contributed by atoms with Crippen molar-refractivity contribution in [2.24, 2.45) is 0 Å². The molecule has 0 aromatic heterocycles. The van der Waals surface area contributed by atoms with Crippen LogP contribution in [-0.4, -0.2) is 13.1 Å². The van der Waals surface area contributed by atoms with E-state index in [4.69, 9.17) is 11.6 Å². The summed E-state index contributed by atoms with van der Waals surface area (Å²) < 4.78 is 1.00. The number of nitrogens with one attached hydrogen (secondary N) is 1. The van der Waals surface area contributed by atoms with E-state index in [2.05, 4.69) is 33.4 Å². The van der Waals surface area contributed by atoms with E-state index in [1.165, 1.54) is 18.4 Å². The van der Waals surface area contributed by atoms with Gasteiger partial charge >= 0.3 is 0 Å². The van der Waals surface area contributed by atoms with Crippen molar-refractivity contribution < 1.29 is 0 Å². The Labute approximate surface area is 98.0 Å². The molecule has 1 N–H and O–H groups in total. The predicted octanol–water partition coefficient (Wildman–Crippen LogP) is 3.57. The van der Waals surface area contributed by atoms with Crippen molar-refractivity contribution in [3.63, 3.8) is 0 Å². The van der Waals surface area contributed by atoms with E-state index in [0.29, 0.717) is 5.92 Å². The number of benzene rings is 1. The summed E-state index contributed by atoms with van der Waals surface area (Å²) in [4.78, 5) is 0. The lowest BCUT2D eigenvalue weighted by molar-refractivity contribution is 0.461. The van der Waals surface area contributed by atoms with Crippen molar-refractivity contribution in [2.45, 2.75) is 18.8 Å². The molecule has 76 valence electrons. The minimum Gasteiger partial charge on any atom is -0.316 e. The van der Waals surface area contributed by atoms with E-state index in [0.717, 1.165) is 22.6 Å². The topological polar surface area (TPSA) is 12.0 Å². The standard InChI is InChI=1S/C11H13BrClN/c12-10-5-1-4-9(11(10)13)8-3-2-6-14-7-8/h1,4-5,8,14H,2-3,6-7H2. The fourth-order valence-electron chi connectivity index (χ4n) is 1.95. The van der Waals surface area contributed by atoms with E-state index in [1.54, 1.807) is 0 Å². The van der Waals surface area contributed by atoms with Gasteiger partial charge in [0.1, 0.15) is 0 Å². The predicted molar refractivity (Wildman–Crippen MR) is 64.0 cm³/mol. The first-order chi connectivity index (χ1) is 6.79. The zero-order chi connectivity index (χ0) is 9.97. The number of hydrogen-bond donors (Lipinski definition) is 1. The second-order valence-electron chi connectivity index (χ2n) is 3.69. The van der Waals surface area contributed by atoms with Gasteiger partial charge in [-0.15, -0.1) is 0 Å². The minimum atomic E-state index is 0.578. The maximum absolute atomic E-state index is 6.25. The summed E-state index contributed by atoms with van der Waals surface area (Å²) in [6.07, 6.45) is 2.48. The molecule has 1 aliphatic rings. The highest BCUT2D eigenvalue weighted by Gasteiger charge is 2.18. The molecule has 0 spiro atoms. The van der Waals surface area contributed by atoms with E-state index in [9.17, 15) is 0 Å². The van der Waals surface area contributed by atoms with Gasteiger partial charge in [-0.3, -0.25) is 0 Å². The third-order valence-electron chi connectivity index (χ3n) is 2.72. The van der Waals surface area contributed by atoms with Crippen LogP contribution in [0.4, 0.5) is 0 Å². The molecule has 0 bridgehead atoms. The monoisotopic (exact) mass is 273 g/mol. The van der Waals surface area contributed by atoms with Crippen LogP contribution in [0.3, 0.4) is 0 Å². The quantitative estimate of drug-likeness (QED) is 0.825. The van der Waals surface area contributed by atoms with Gasteiger partial charge in [-0.05, 0) is 52.9 Å². The van der Waals surface area contributed by atoms with E-state index in [1.807, 2.05) is 6.07 Å². The van der Waals surface area contributed by atoms with Crippen molar-refractivity contribution in [1.29, 1.82) is 0 Å². The van der Waals surface area contributed by atoms with Crippen LogP contribution in [0.25, 0.3) is 0 Å². The third kappa shape index (κ3) is 2.13. The molecule has 1 saturated heterocycles. The summed E-state index contributed by atoms with van der Waals surface area (Å²) >= 11 is 9.71. The SMILES string of the molecule is Clc1c(Br)cccc1C1CCCNC1. The Balaban J connectivity index is 2.26. The van der Waals surface area contributed by atoms with Crippen molar-refractivity contribution >= 4 is 27.5 Å². The molecule has 1 aromatic rings. The number of piperidine rings is 1. The van der Waals surface area contributed by atoms with Gasteiger partial charge in [0.2, 0.25) is 0 Å². The van der Waals surface area contributed by atoms with Gasteiger partial charge < -0.3 is 5.32 Å². The van der Waals surface area contributed by atoms with Crippen LogP contribution in [0.1, 0.15) is 24.3 Å². The normalized spacial score (nSPS) is 22.3. The molecule has 1 heterocycles. The average molecular weight is 275 g/mol. The molecular weight excluding hydrogens is 261 g/mol. The highest BCUT2D eigenvalue weighted by molar-refractivity contribution is 9.10. The lowest BCUT2D eigenvalue weighted by Gasteiger charge is -2.24. The summed E-state index contributed by atoms with van der Waals surface area (Å²) in [6.45, 7) is 2.19. The molecule has 1 atom stereocenters. The van der Waals surface area contributed by atoms with Gasteiger partial charge in [0.25, 0.3) is 0 Å². The largest absolute Gasteiger partial charge is 0.316 e. The van der Waals surface area contributed by atoms with Crippen molar-refractivity contribution in [1.82, 2.24) is 5.32 Å². The Bertz CT molecular complexity index is 321. The molecule has 0 radical (unpaired) electrons. The third-order valence-corrected chi connectivity index (χ3v) is 4.03. The van der Waals surface area contributed by atoms with Gasteiger partial charge in [0, 0.05) is 11.0 Å². The molecule has 1 aliphatic heterocycles. The van der Waals surface area contributed by atoms with Gasteiger partial charge in [0.15, 0.2) is 0 Å². The first-order valence-electron chi connectivity index (χ1n) is 4.93. The molecule has 1 nitrogen and oxygen atoms in total. The number of rotatable bonds is 1. The lowest BCUT2D eigenvalue weighted by atomic mass is 9.92. The molecule has 1 aromatic carbocycles. The Morgan fingerprint density at radius 2 is 2.29 bits per heavy atom. The van der Waals surface area contributed by atoms with E-state index >= 15 is 0 Å². The smallest absolute Gasteiger partial charge is 0.0583 e. The van der Waals surface area contributed by atoms with Crippen LogP contribution >= 0.6 is 27.5 Å². The van der Waals surface area contributed by atoms with Crippen LogP contribution < -0.4 is 5.32 Å². The summed E-state index contributed by atoms with van der Waals surface area (Å²) in [5.41, 5.74) is 1.27. The Morgan fingerprint density at radius 1 is 1.43 bits per heavy atom. The van der Waals surface area contributed by atoms with Gasteiger partial charge in [-0.25, -0.2) is 0 Å². The molecule has 0 amide bonds. The van der Waals surface area contributed by atoms with Gasteiger partial charge in [0.05, 0.1) is 5.02 Å². The maximum atomic E-state index is 6.25. The molecular formula is C11H13BrClN. The Morgan fingerprint density at radius 3 is 3.00 bits per heavy atom. The second-order valence-corrected chi connectivity index (χ2v) is 4.92. The number of halogens is 2. The average Bonchev–Trinajstić information content (AvgIpc) is 2.23. The maximum Gasteiger partial charge on any atom is 0.0583 e. The highest BCUT2D eigenvalue weighted by Crippen LogP contribution is 2.33. The summed E-state index contributed by atoms with van der Waals surface area (Å²) in [6, 6.07) is 6.17. The molecule has 0 saturated carbocycles. The van der Waals surface area contributed by atoms with Crippen LogP contribution in [0.2, 0.25) is 5.02 Å². The molecule has 1 fully saturated rings. The molecule has 3 heteroatoms. The van der Waals surface area contributed by atoms with Crippen molar-refractivity contribution in [3.8, 4) is 0 Å². The van der Waals surface area contributed by atoms with Crippen molar-refractivity contribution in [2.75, 3.05) is 13.1 Å². The van der Waals surface area contributed by atoms with Crippen molar-refractivity contribution in [3.05, 3.63) is 33.3 Å². The molecule has 14 heavy (non-hydrogen) atoms. The number of hydrogen-bond acceptors (Lipinski definition) is 1. The Kier molecular flexibility index (Phi) is 3.47. The second kappa shape index (κ2) is 4.65. The van der Waals surface area contributed by atoms with Crippen LogP contribution in [0, 0.1) is 0 Å². The highest BCUT2D eigenvalue weighted by atomic mass is 79.9. The summed E-state index contributed by atoms with van der Waals surface area (Å²) in [7, 11) is 0. The fraction of sp³-hybridized carbons (Fsp3) is 0.455. The Hall–Kier alpha value is -0.0500. The lowest BCUT2D eigenvalue weighted by Crippen LogP contribution is -2.28. The fourth-order valence-corrected chi connectivity index (χ4v) is 2.61. The first kappa shape index (κ1) is 10.5. The van der Waals surface area contributed by atoms with E-state index < -0.39 is 0 Å². The molecule has 0 aliphatic carbocycles. The van der Waals surface area contributed by atoms with Crippen LogP contribution in [-0.2, 0) is 0 Å². The molecule has 1 unspecified atom stereocenters. The van der Waals surface area contributed by atoms with E-state index in [-0.39, 0.29) is 0 Å². The first-order valence-corrected chi connectivity index (χ1v) is 6.11. The summed E-state index contributed by atoms with van der Waals surface area (Å²) in [5, 5.41) is 4.28. The zero-order valence-electron chi connectivity index (χ0n) is 7.89. The van der Waals surface area contributed by atoms with Crippen LogP contribution in [0.5, 0.6) is 0 Å². The summed E-state index contributed by atoms with van der Waals surface area (Å²) in [5.74, 6) is 0.578. The van der Waals surface area contributed by atoms with Gasteiger partial charge in [-0.2, -0.15) is 0 Å². The zero-order valence-corrected chi connectivity index (χ0v) is 10.2. The minimum absolute atomic E-state index is 0.578. The van der Waals surface area contributed by atoms with Gasteiger partial charge in [-0.1, -0.05) is 23.7 Å².